The van der Waals surface area contributed by atoms with Gasteiger partial charge in [0.25, 0.3) is 5.69 Å². The highest BCUT2D eigenvalue weighted by molar-refractivity contribution is 7.09. The van der Waals surface area contributed by atoms with Crippen LogP contribution in [0.4, 0.5) is 17.3 Å². The summed E-state index contributed by atoms with van der Waals surface area (Å²) < 4.78 is 0. The predicted octanol–water partition coefficient (Wildman–Crippen LogP) is 1.97. The Hall–Kier alpha value is -2.22. The van der Waals surface area contributed by atoms with Crippen molar-refractivity contribution in [2.45, 2.75) is 13.5 Å². The number of hydrogen-bond donors (Lipinski definition) is 1. The van der Waals surface area contributed by atoms with Gasteiger partial charge in [-0.1, -0.05) is 0 Å². The first-order valence-corrected chi connectivity index (χ1v) is 6.37. The highest BCUT2D eigenvalue weighted by Crippen LogP contribution is 2.23. The third-order valence-corrected chi connectivity index (χ3v) is 3.56. The van der Waals surface area contributed by atoms with Crippen molar-refractivity contribution in [3.63, 3.8) is 0 Å². The van der Waals surface area contributed by atoms with Crippen LogP contribution in [0.2, 0.25) is 0 Å². The van der Waals surface area contributed by atoms with Gasteiger partial charge in [0.05, 0.1) is 34.8 Å². The molecule has 0 radical (unpaired) electrons. The molecule has 0 aliphatic carbocycles. The predicted molar refractivity (Wildman–Crippen MR) is 74.3 cm³/mol. The van der Waals surface area contributed by atoms with E-state index < -0.39 is 4.92 Å². The Morgan fingerprint density at radius 2 is 2.26 bits per heavy atom. The van der Waals surface area contributed by atoms with Crippen molar-refractivity contribution >= 4 is 28.7 Å². The van der Waals surface area contributed by atoms with E-state index in [-0.39, 0.29) is 11.5 Å². The molecule has 2 rings (SSSR count). The average molecular weight is 279 g/mol. The summed E-state index contributed by atoms with van der Waals surface area (Å²) in [6.45, 7) is 2.51. The summed E-state index contributed by atoms with van der Waals surface area (Å²) in [5.41, 5.74) is 8.25. The number of nitrogens with zero attached hydrogens (tertiary/aromatic N) is 4. The third kappa shape index (κ3) is 2.97. The van der Waals surface area contributed by atoms with Gasteiger partial charge in [-0.15, -0.1) is 11.3 Å². The van der Waals surface area contributed by atoms with Crippen LogP contribution in [-0.2, 0) is 6.54 Å². The molecular weight excluding hydrogens is 266 g/mol. The zero-order chi connectivity index (χ0) is 14.0. The van der Waals surface area contributed by atoms with Crippen molar-refractivity contribution < 1.29 is 4.92 Å². The van der Waals surface area contributed by atoms with Gasteiger partial charge in [0.2, 0.25) is 0 Å². The van der Waals surface area contributed by atoms with Gasteiger partial charge in [0.1, 0.15) is 11.6 Å². The van der Waals surface area contributed by atoms with Gasteiger partial charge in [0, 0.05) is 11.9 Å². The Kier molecular flexibility index (Phi) is 3.61. The Labute approximate surface area is 113 Å². The first-order chi connectivity index (χ1) is 8.97. The third-order valence-electron chi connectivity index (χ3n) is 2.64. The van der Waals surface area contributed by atoms with Crippen LogP contribution in [-0.4, -0.2) is 21.9 Å². The summed E-state index contributed by atoms with van der Waals surface area (Å²) in [6, 6.07) is 2.65. The Morgan fingerprint density at radius 1 is 1.53 bits per heavy atom. The van der Waals surface area contributed by atoms with Gasteiger partial charge in [0.15, 0.2) is 0 Å². The summed E-state index contributed by atoms with van der Waals surface area (Å²) >= 11 is 1.54. The molecule has 0 aromatic carbocycles. The van der Waals surface area contributed by atoms with E-state index in [0.29, 0.717) is 12.4 Å². The Morgan fingerprint density at radius 3 is 2.84 bits per heavy atom. The van der Waals surface area contributed by atoms with E-state index in [0.717, 1.165) is 10.6 Å². The fourth-order valence-corrected chi connectivity index (χ4v) is 2.43. The first kappa shape index (κ1) is 13.2. The number of hydrogen-bond acceptors (Lipinski definition) is 7. The molecule has 0 aliphatic heterocycles. The lowest BCUT2D eigenvalue weighted by atomic mass is 10.3. The zero-order valence-corrected chi connectivity index (χ0v) is 11.3. The summed E-state index contributed by atoms with van der Waals surface area (Å²) in [6.07, 6.45) is 0. The largest absolute Gasteiger partial charge is 0.383 e. The molecule has 0 saturated carbocycles. The van der Waals surface area contributed by atoms with Crippen molar-refractivity contribution in [3.8, 4) is 0 Å². The highest BCUT2D eigenvalue weighted by Gasteiger charge is 2.14. The van der Waals surface area contributed by atoms with Crippen LogP contribution in [0, 0.1) is 17.0 Å². The maximum absolute atomic E-state index is 10.8. The van der Waals surface area contributed by atoms with Crippen LogP contribution in [0.1, 0.15) is 10.6 Å². The molecule has 2 N–H and O–H groups in total. The molecule has 19 heavy (non-hydrogen) atoms. The molecule has 0 fully saturated rings. The monoisotopic (exact) mass is 279 g/mol. The van der Waals surface area contributed by atoms with Crippen molar-refractivity contribution in [1.82, 2.24) is 9.97 Å². The van der Waals surface area contributed by atoms with Crippen molar-refractivity contribution in [2.75, 3.05) is 17.7 Å². The number of aromatic nitrogens is 2. The minimum atomic E-state index is -0.479. The lowest BCUT2D eigenvalue weighted by Gasteiger charge is -2.17. The minimum Gasteiger partial charge on any atom is -0.383 e. The second-order valence-electron chi connectivity index (χ2n) is 4.08. The minimum absolute atomic E-state index is 0.0598. The van der Waals surface area contributed by atoms with Crippen LogP contribution in [0.3, 0.4) is 0 Å². The lowest BCUT2D eigenvalue weighted by molar-refractivity contribution is -0.384. The highest BCUT2D eigenvalue weighted by atomic mass is 32.1. The van der Waals surface area contributed by atoms with Crippen molar-refractivity contribution in [2.24, 2.45) is 0 Å². The number of nitrogen functional groups attached to an aromatic ring is 1. The van der Waals surface area contributed by atoms with Crippen molar-refractivity contribution in [1.29, 1.82) is 0 Å². The zero-order valence-electron chi connectivity index (χ0n) is 10.5. The van der Waals surface area contributed by atoms with Crippen LogP contribution >= 0.6 is 11.3 Å². The van der Waals surface area contributed by atoms with Crippen LogP contribution < -0.4 is 10.6 Å². The van der Waals surface area contributed by atoms with Gasteiger partial charge in [-0.2, -0.15) is 0 Å². The van der Waals surface area contributed by atoms with E-state index in [2.05, 4.69) is 9.97 Å². The quantitative estimate of drug-likeness (QED) is 0.678. The second kappa shape index (κ2) is 5.19. The van der Waals surface area contributed by atoms with E-state index in [1.54, 1.807) is 16.8 Å². The standard InChI is InChI=1S/C11H13N5O2S/c1-7-9(19-6-13-7)5-15(2)11-4-8(16(17)18)3-10(12)14-11/h3-4,6H,5H2,1-2H3,(H2,12,14). The number of pyridine rings is 1. The molecule has 0 atom stereocenters. The molecule has 0 unspecified atom stereocenters. The number of anilines is 2. The Bertz CT molecular complexity index is 613. The first-order valence-electron chi connectivity index (χ1n) is 5.49. The number of rotatable bonds is 4. The van der Waals surface area contributed by atoms with Gasteiger partial charge in [-0.3, -0.25) is 10.1 Å². The normalized spacial score (nSPS) is 10.4. The summed E-state index contributed by atoms with van der Waals surface area (Å²) in [5.74, 6) is 0.608. The number of nitro groups is 1. The van der Waals surface area contributed by atoms with Crippen LogP contribution in [0.5, 0.6) is 0 Å². The molecule has 0 aliphatic rings. The van der Waals surface area contributed by atoms with Crippen LogP contribution in [0.15, 0.2) is 17.6 Å². The molecular formula is C11H13N5O2S. The molecule has 2 aromatic rings. The maximum atomic E-state index is 10.8. The van der Waals surface area contributed by atoms with Gasteiger partial charge < -0.3 is 10.6 Å². The molecule has 2 heterocycles. The molecule has 8 heteroatoms. The molecule has 0 saturated heterocycles. The fourth-order valence-electron chi connectivity index (χ4n) is 1.60. The number of thiazole rings is 1. The van der Waals surface area contributed by atoms with Gasteiger partial charge in [-0.05, 0) is 6.92 Å². The van der Waals surface area contributed by atoms with E-state index in [1.807, 2.05) is 18.9 Å². The fraction of sp³-hybridized carbons (Fsp3) is 0.273. The second-order valence-corrected chi connectivity index (χ2v) is 5.02. The molecule has 0 amide bonds. The molecule has 7 nitrogen and oxygen atoms in total. The maximum Gasteiger partial charge on any atom is 0.276 e. The lowest BCUT2D eigenvalue weighted by Crippen LogP contribution is -2.18. The van der Waals surface area contributed by atoms with E-state index in [4.69, 9.17) is 5.73 Å². The number of aryl methyl sites for hydroxylation is 1. The molecule has 0 bridgehead atoms. The molecule has 2 aromatic heterocycles. The van der Waals surface area contributed by atoms with Crippen LogP contribution in [0.25, 0.3) is 0 Å². The number of nitrogens with two attached hydrogens (primary N) is 1. The molecule has 100 valence electrons. The van der Waals surface area contributed by atoms with E-state index in [9.17, 15) is 10.1 Å². The smallest absolute Gasteiger partial charge is 0.276 e. The van der Waals surface area contributed by atoms with E-state index in [1.165, 1.54) is 12.1 Å². The van der Waals surface area contributed by atoms with Gasteiger partial charge in [-0.25, -0.2) is 9.97 Å². The topological polar surface area (TPSA) is 98.2 Å². The summed E-state index contributed by atoms with van der Waals surface area (Å²) in [5, 5.41) is 10.8. The van der Waals surface area contributed by atoms with Crippen molar-refractivity contribution in [3.05, 3.63) is 38.3 Å². The molecule has 0 spiro atoms. The van der Waals surface area contributed by atoms with Gasteiger partial charge >= 0.3 is 0 Å². The summed E-state index contributed by atoms with van der Waals surface area (Å²) in [4.78, 5) is 21.5. The average Bonchev–Trinajstić information content (AvgIpc) is 2.74. The SMILES string of the molecule is Cc1ncsc1CN(C)c1cc([N+](=O)[O-])cc(N)n1. The summed E-state index contributed by atoms with van der Waals surface area (Å²) in [7, 11) is 1.81. The van der Waals surface area contributed by atoms with E-state index >= 15 is 0 Å². The Balaban J connectivity index is 2.26.